The zero-order valence-corrected chi connectivity index (χ0v) is 31.9. The van der Waals surface area contributed by atoms with Gasteiger partial charge < -0.3 is 20.3 Å². The number of imidazole rings is 1. The second-order valence-electron chi connectivity index (χ2n) is 15.8. The van der Waals surface area contributed by atoms with Crippen molar-refractivity contribution in [2.45, 2.75) is 119 Å². The number of benzene rings is 2. The van der Waals surface area contributed by atoms with E-state index in [1.807, 2.05) is 54.8 Å². The Labute approximate surface area is 318 Å². The number of allylic oxidation sites excluding steroid dienone is 1. The highest BCUT2D eigenvalue weighted by Gasteiger charge is 2.63. The lowest BCUT2D eigenvalue weighted by Crippen LogP contribution is -2.58. The molecule has 2 aromatic carbocycles. The van der Waals surface area contributed by atoms with E-state index in [0.717, 1.165) is 24.1 Å². The number of halogens is 3. The minimum Gasteiger partial charge on any atom is -0.459 e. The number of aromatic nitrogens is 2. The molecule has 1 aromatic heterocycles. The molecule has 0 radical (unpaired) electrons. The van der Waals surface area contributed by atoms with Gasteiger partial charge in [0.05, 0.1) is 27.9 Å². The second-order valence-corrected chi connectivity index (χ2v) is 18.0. The summed E-state index contributed by atoms with van der Waals surface area (Å²) in [6.45, 7) is 5.48. The Morgan fingerprint density at radius 1 is 1.07 bits per heavy atom. The number of sulfonamides is 1. The molecule has 2 aliphatic carbocycles. The van der Waals surface area contributed by atoms with Gasteiger partial charge in [0.15, 0.2) is 0 Å². The summed E-state index contributed by atoms with van der Waals surface area (Å²) in [5.41, 5.74) is -0.769. The van der Waals surface area contributed by atoms with Crippen LogP contribution in [-0.4, -0.2) is 75.6 Å². The van der Waals surface area contributed by atoms with Crippen LogP contribution in [0.4, 0.5) is 18.9 Å². The summed E-state index contributed by atoms with van der Waals surface area (Å²) in [5.74, 6) is -2.47. The van der Waals surface area contributed by atoms with Gasteiger partial charge in [0.25, 0.3) is 11.9 Å². The predicted molar refractivity (Wildman–Crippen MR) is 199 cm³/mol. The van der Waals surface area contributed by atoms with Gasteiger partial charge in [-0.05, 0) is 89.6 Å². The maximum Gasteiger partial charge on any atom is 0.416 e. The lowest BCUT2D eigenvalue weighted by Gasteiger charge is -2.30. The molecule has 3 heterocycles. The lowest BCUT2D eigenvalue weighted by atomic mass is 10.0. The second kappa shape index (κ2) is 14.5. The molecule has 3 aromatic rings. The number of alkyl halides is 3. The van der Waals surface area contributed by atoms with Gasteiger partial charge in [-0.1, -0.05) is 43.2 Å². The molecular weight excluding hydrogens is 738 g/mol. The standard InChI is InChI=1S/C39H47F3N6O6S/c1-24(2)48-31-17-10-9-15-29(31)44-36(48)54-28-21-32-33(49)45-38(35(51)46-55(52,53)37(3)18-19-37)22-26(38)12-7-5-4-6-8-16-30(34(50)47(32)23-28)43-27-14-11-13-25(20-27)39(40,41)42/h7,9-15,17,20,24,26,28,30,32,43H,4-6,8,16,18-19,21-23H2,1-3H3,(H,45,49)(H,46,51)/b12-7-/t26-,28+,30-,32-,38+/m0/s1. The predicted octanol–water partition coefficient (Wildman–Crippen LogP) is 5.86. The lowest BCUT2D eigenvalue weighted by molar-refractivity contribution is -0.140. The summed E-state index contributed by atoms with van der Waals surface area (Å²) in [5, 5.41) is 5.90. The normalized spacial score (nSPS) is 27.7. The van der Waals surface area contributed by atoms with E-state index in [4.69, 9.17) is 9.72 Å². The van der Waals surface area contributed by atoms with Gasteiger partial charge in [-0.2, -0.15) is 18.2 Å². The number of nitrogens with one attached hydrogen (secondary N) is 3. The summed E-state index contributed by atoms with van der Waals surface area (Å²) in [6.07, 6.45) is 2.41. The number of ether oxygens (including phenoxy) is 1. The van der Waals surface area contributed by atoms with Gasteiger partial charge >= 0.3 is 6.18 Å². The number of para-hydroxylation sites is 2. The van der Waals surface area contributed by atoms with Crippen LogP contribution in [0.25, 0.3) is 11.0 Å². The SMILES string of the molecule is CC(C)n1c(O[C@@H]2C[C@H]3C(=O)N[C@]4(C(=O)NS(=O)(=O)C5(C)CC5)C[C@@H]4/C=C\CCCCC[C@H](Nc4cccc(C(F)(F)F)c4)C(=O)N3C2)nc2ccccc21. The van der Waals surface area contributed by atoms with Crippen LogP contribution < -0.4 is 20.1 Å². The van der Waals surface area contributed by atoms with Crippen molar-refractivity contribution >= 4 is 44.5 Å². The van der Waals surface area contributed by atoms with E-state index in [2.05, 4.69) is 15.4 Å². The van der Waals surface area contributed by atoms with E-state index in [0.29, 0.717) is 43.6 Å². The minimum absolute atomic E-state index is 0.0176. The van der Waals surface area contributed by atoms with Crippen molar-refractivity contribution in [3.63, 3.8) is 0 Å². The monoisotopic (exact) mass is 784 g/mol. The smallest absolute Gasteiger partial charge is 0.416 e. The van der Waals surface area contributed by atoms with E-state index < -0.39 is 73.9 Å². The maximum atomic E-state index is 14.6. The average molecular weight is 785 g/mol. The number of rotatable bonds is 8. The summed E-state index contributed by atoms with van der Waals surface area (Å²) in [4.78, 5) is 49.0. The zero-order chi connectivity index (χ0) is 39.3. The van der Waals surface area contributed by atoms with Crippen molar-refractivity contribution in [3.8, 4) is 6.01 Å². The highest BCUT2D eigenvalue weighted by molar-refractivity contribution is 7.91. The molecule has 55 heavy (non-hydrogen) atoms. The summed E-state index contributed by atoms with van der Waals surface area (Å²) >= 11 is 0. The number of carbonyl (C=O) groups is 3. The number of amides is 3. The third-order valence-corrected chi connectivity index (χ3v) is 13.5. The fraction of sp³-hybridized carbons (Fsp3) is 0.538. The molecule has 0 bridgehead atoms. The van der Waals surface area contributed by atoms with Crippen molar-refractivity contribution in [3.05, 3.63) is 66.2 Å². The van der Waals surface area contributed by atoms with Gasteiger partial charge in [0.1, 0.15) is 23.7 Å². The molecule has 5 atom stereocenters. The fourth-order valence-electron chi connectivity index (χ4n) is 7.69. The van der Waals surface area contributed by atoms with Crippen LogP contribution in [0.2, 0.25) is 0 Å². The Bertz CT molecular complexity index is 2110. The van der Waals surface area contributed by atoms with E-state index in [1.54, 1.807) is 6.92 Å². The first-order valence-electron chi connectivity index (χ1n) is 18.9. The van der Waals surface area contributed by atoms with Crippen LogP contribution in [0.3, 0.4) is 0 Å². The van der Waals surface area contributed by atoms with Crippen LogP contribution in [-0.2, 0) is 30.6 Å². The third kappa shape index (κ3) is 7.79. The van der Waals surface area contributed by atoms with Crippen molar-refractivity contribution in [2.75, 3.05) is 11.9 Å². The summed E-state index contributed by atoms with van der Waals surface area (Å²) in [7, 11) is -4.02. The first-order chi connectivity index (χ1) is 26.0. The zero-order valence-electron chi connectivity index (χ0n) is 31.1. The molecule has 3 amide bonds. The maximum absolute atomic E-state index is 14.6. The van der Waals surface area contributed by atoms with Crippen LogP contribution in [0, 0.1) is 5.92 Å². The van der Waals surface area contributed by atoms with E-state index in [1.165, 1.54) is 17.0 Å². The van der Waals surface area contributed by atoms with Gasteiger partial charge in [-0.25, -0.2) is 8.42 Å². The van der Waals surface area contributed by atoms with Gasteiger partial charge in [0.2, 0.25) is 21.8 Å². The van der Waals surface area contributed by atoms with E-state index in [9.17, 15) is 36.0 Å². The Kier molecular flexibility index (Phi) is 10.2. The fourth-order valence-corrected chi connectivity index (χ4v) is 9.00. The number of anilines is 1. The van der Waals surface area contributed by atoms with E-state index in [-0.39, 0.29) is 37.5 Å². The minimum atomic E-state index is -4.59. The quantitative estimate of drug-likeness (QED) is 0.241. The van der Waals surface area contributed by atoms with Crippen LogP contribution in [0.15, 0.2) is 60.7 Å². The molecule has 3 fully saturated rings. The first kappa shape index (κ1) is 38.7. The number of hydrogen-bond acceptors (Lipinski definition) is 8. The number of nitrogens with zero attached hydrogens (tertiary/aromatic N) is 3. The summed E-state index contributed by atoms with van der Waals surface area (Å²) in [6, 6.07) is 10.3. The topological polar surface area (TPSA) is 152 Å². The molecule has 2 saturated carbocycles. The molecule has 4 aliphatic rings. The Morgan fingerprint density at radius 3 is 2.56 bits per heavy atom. The molecule has 16 heteroatoms. The van der Waals surface area contributed by atoms with Crippen LogP contribution in [0.5, 0.6) is 6.01 Å². The molecular formula is C39H47F3N6O6S. The van der Waals surface area contributed by atoms with Crippen LogP contribution in [0.1, 0.15) is 90.2 Å². The molecule has 0 unspecified atom stereocenters. The van der Waals surface area contributed by atoms with Crippen LogP contribution >= 0.6 is 0 Å². The molecule has 7 rings (SSSR count). The highest BCUT2D eigenvalue weighted by atomic mass is 32.2. The summed E-state index contributed by atoms with van der Waals surface area (Å²) < 4.78 is 76.8. The number of carbonyl (C=O) groups excluding carboxylic acids is 3. The highest BCUT2D eigenvalue weighted by Crippen LogP contribution is 2.47. The molecule has 1 saturated heterocycles. The average Bonchev–Trinajstić information content (AvgIpc) is 3.95. The first-order valence-corrected chi connectivity index (χ1v) is 20.4. The number of hydrogen-bond donors (Lipinski definition) is 3. The molecule has 0 spiro atoms. The van der Waals surface area contributed by atoms with Gasteiger partial charge in [0, 0.05) is 24.1 Å². The van der Waals surface area contributed by atoms with Gasteiger partial charge in [-0.15, -0.1) is 0 Å². The van der Waals surface area contributed by atoms with Crippen molar-refractivity contribution in [2.24, 2.45) is 5.92 Å². The molecule has 296 valence electrons. The molecule has 2 aliphatic heterocycles. The van der Waals surface area contributed by atoms with Gasteiger partial charge in [-0.3, -0.25) is 23.7 Å². The van der Waals surface area contributed by atoms with E-state index >= 15 is 0 Å². The molecule has 12 nitrogen and oxygen atoms in total. The van der Waals surface area contributed by atoms with Crippen molar-refractivity contribution in [1.82, 2.24) is 24.5 Å². The number of fused-ring (bicyclic) bond motifs is 3. The Hall–Kier alpha value is -4.60. The van der Waals surface area contributed by atoms with Crippen molar-refractivity contribution in [1.29, 1.82) is 0 Å². The molecule has 3 N–H and O–H groups in total. The third-order valence-electron chi connectivity index (χ3n) is 11.4. The Morgan fingerprint density at radius 2 is 1.84 bits per heavy atom. The Balaban J connectivity index is 1.22. The largest absolute Gasteiger partial charge is 0.459 e. The van der Waals surface area contributed by atoms with Crippen molar-refractivity contribution < 1.29 is 40.7 Å².